The van der Waals surface area contributed by atoms with Crippen LogP contribution >= 0.6 is 11.8 Å². The molecule has 0 saturated carbocycles. The summed E-state index contributed by atoms with van der Waals surface area (Å²) in [6.07, 6.45) is -4.53. The van der Waals surface area contributed by atoms with Gasteiger partial charge in [0.1, 0.15) is 11.3 Å². The largest absolute Gasteiger partial charge is 0.416 e. The third-order valence-corrected chi connectivity index (χ3v) is 5.59. The number of benzene rings is 2. The summed E-state index contributed by atoms with van der Waals surface area (Å²) in [7, 11) is 0. The Morgan fingerprint density at radius 3 is 2.58 bits per heavy atom. The van der Waals surface area contributed by atoms with Gasteiger partial charge in [0.25, 0.3) is 5.56 Å². The maximum Gasteiger partial charge on any atom is 0.416 e. The molecule has 0 aliphatic heterocycles. The van der Waals surface area contributed by atoms with E-state index in [1.807, 2.05) is 0 Å². The first kappa shape index (κ1) is 22.6. The molecule has 170 valence electrons. The van der Waals surface area contributed by atoms with Crippen LogP contribution in [-0.4, -0.2) is 26.2 Å². The molecule has 4 aromatic rings. The van der Waals surface area contributed by atoms with Crippen molar-refractivity contribution in [3.8, 4) is 5.69 Å². The minimum absolute atomic E-state index is 0.00368. The van der Waals surface area contributed by atoms with Crippen molar-refractivity contribution in [1.29, 1.82) is 0 Å². The number of hydrogen-bond donors (Lipinski definition) is 2. The number of carbonyl (C=O) groups is 1. The zero-order valence-corrected chi connectivity index (χ0v) is 17.9. The highest BCUT2D eigenvalue weighted by Crippen LogP contribution is 2.30. The molecule has 4 rings (SSSR count). The molecule has 0 saturated heterocycles. The number of rotatable bonds is 5. The van der Waals surface area contributed by atoms with Crippen LogP contribution in [0.5, 0.6) is 0 Å². The highest BCUT2D eigenvalue weighted by Gasteiger charge is 2.30. The van der Waals surface area contributed by atoms with Gasteiger partial charge < -0.3 is 10.3 Å². The monoisotopic (exact) mass is 476 g/mol. The zero-order valence-electron chi connectivity index (χ0n) is 17.0. The average molecular weight is 476 g/mol. The number of H-pyrrole nitrogens is 1. The molecule has 0 unspecified atom stereocenters. The van der Waals surface area contributed by atoms with Crippen molar-refractivity contribution < 1.29 is 22.4 Å². The van der Waals surface area contributed by atoms with E-state index in [1.54, 1.807) is 13.0 Å². The van der Waals surface area contributed by atoms with E-state index in [0.29, 0.717) is 16.9 Å². The Kier molecular flexibility index (Phi) is 5.98. The van der Waals surface area contributed by atoms with Crippen molar-refractivity contribution >= 4 is 34.4 Å². The Bertz CT molecular complexity index is 1390. The molecule has 2 aromatic heterocycles. The molecule has 0 radical (unpaired) electrons. The minimum Gasteiger partial charge on any atom is -0.353 e. The molecule has 2 heterocycles. The summed E-state index contributed by atoms with van der Waals surface area (Å²) in [6, 6.07) is 11.2. The van der Waals surface area contributed by atoms with Crippen LogP contribution in [0.3, 0.4) is 0 Å². The van der Waals surface area contributed by atoms with E-state index in [0.717, 1.165) is 23.9 Å². The van der Waals surface area contributed by atoms with Crippen molar-refractivity contribution in [2.24, 2.45) is 0 Å². The highest BCUT2D eigenvalue weighted by atomic mass is 32.2. The molecule has 11 heteroatoms. The fourth-order valence-electron chi connectivity index (χ4n) is 3.19. The van der Waals surface area contributed by atoms with Crippen LogP contribution in [-0.2, 0) is 11.0 Å². The van der Waals surface area contributed by atoms with E-state index in [9.17, 15) is 27.2 Å². The summed E-state index contributed by atoms with van der Waals surface area (Å²) in [5, 5.41) is 2.59. The van der Waals surface area contributed by atoms with Gasteiger partial charge in [0, 0.05) is 11.4 Å². The van der Waals surface area contributed by atoms with E-state index in [1.165, 1.54) is 41.0 Å². The van der Waals surface area contributed by atoms with Crippen LogP contribution < -0.4 is 10.9 Å². The van der Waals surface area contributed by atoms with E-state index in [4.69, 9.17) is 0 Å². The van der Waals surface area contributed by atoms with E-state index < -0.39 is 29.0 Å². The molecule has 33 heavy (non-hydrogen) atoms. The fourth-order valence-corrected chi connectivity index (χ4v) is 4.01. The number of anilines is 1. The number of nitrogens with one attached hydrogen (secondary N) is 2. The number of carbonyl (C=O) groups excluding carboxylic acids is 1. The molecule has 1 amide bonds. The van der Waals surface area contributed by atoms with Gasteiger partial charge >= 0.3 is 6.18 Å². The number of alkyl halides is 3. The molecule has 0 spiro atoms. The normalized spacial score (nSPS) is 11.7. The summed E-state index contributed by atoms with van der Waals surface area (Å²) in [5.74, 6) is -1.28. The van der Waals surface area contributed by atoms with Gasteiger partial charge in [-0.15, -0.1) is 0 Å². The van der Waals surface area contributed by atoms with Gasteiger partial charge in [0.2, 0.25) is 5.91 Å². The van der Waals surface area contributed by atoms with Crippen molar-refractivity contribution in [3.05, 3.63) is 82.0 Å². The topological polar surface area (TPSA) is 79.8 Å². The van der Waals surface area contributed by atoms with Crippen molar-refractivity contribution in [2.45, 2.75) is 18.3 Å². The number of nitrogens with zero attached hydrogens (tertiary/aromatic N) is 2. The first-order valence-electron chi connectivity index (χ1n) is 9.60. The SMILES string of the molecule is Cc1cc2nc(SCC(=O)Nc3cccc(C(F)(F)F)c3)n(-c3ccc(F)cc3)c(=O)c2[nH]1. The second-order valence-corrected chi connectivity index (χ2v) is 8.08. The molecule has 0 atom stereocenters. The van der Waals surface area contributed by atoms with Gasteiger partial charge in [-0.1, -0.05) is 17.8 Å². The number of hydrogen-bond acceptors (Lipinski definition) is 4. The average Bonchev–Trinajstić information content (AvgIpc) is 3.13. The molecule has 0 fully saturated rings. The summed E-state index contributed by atoms with van der Waals surface area (Å²) in [4.78, 5) is 32.9. The number of halogens is 4. The predicted octanol–water partition coefficient (Wildman–Crippen LogP) is 4.91. The third kappa shape index (κ3) is 4.92. The van der Waals surface area contributed by atoms with Gasteiger partial charge in [-0.3, -0.25) is 14.2 Å². The summed E-state index contributed by atoms with van der Waals surface area (Å²) >= 11 is 0.931. The van der Waals surface area contributed by atoms with E-state index >= 15 is 0 Å². The van der Waals surface area contributed by atoms with Gasteiger partial charge in [-0.25, -0.2) is 9.37 Å². The number of aromatic amines is 1. The summed E-state index contributed by atoms with van der Waals surface area (Å²) < 4.78 is 53.3. The van der Waals surface area contributed by atoms with Crippen molar-refractivity contribution in [3.63, 3.8) is 0 Å². The molecule has 0 aliphatic carbocycles. The molecule has 0 bridgehead atoms. The van der Waals surface area contributed by atoms with Crippen LogP contribution in [0.4, 0.5) is 23.2 Å². The number of amides is 1. The fraction of sp³-hybridized carbons (Fsp3) is 0.136. The van der Waals surface area contributed by atoms with Crippen LogP contribution in [0.1, 0.15) is 11.3 Å². The van der Waals surface area contributed by atoms with E-state index in [-0.39, 0.29) is 22.1 Å². The lowest BCUT2D eigenvalue weighted by molar-refractivity contribution is -0.137. The minimum atomic E-state index is -4.53. The van der Waals surface area contributed by atoms with Crippen molar-refractivity contribution in [1.82, 2.24) is 14.5 Å². The second-order valence-electron chi connectivity index (χ2n) is 7.14. The van der Waals surface area contributed by atoms with Crippen LogP contribution in [0, 0.1) is 12.7 Å². The molecule has 0 aliphatic rings. The van der Waals surface area contributed by atoms with Gasteiger partial charge in [-0.2, -0.15) is 13.2 Å². The Hall–Kier alpha value is -3.60. The molecular formula is C22H16F4N4O2S. The predicted molar refractivity (Wildman–Crippen MR) is 117 cm³/mol. The zero-order chi connectivity index (χ0) is 23.8. The molecule has 6 nitrogen and oxygen atoms in total. The van der Waals surface area contributed by atoms with Crippen LogP contribution in [0.25, 0.3) is 16.7 Å². The smallest absolute Gasteiger partial charge is 0.353 e. The molecular weight excluding hydrogens is 460 g/mol. The highest BCUT2D eigenvalue weighted by molar-refractivity contribution is 7.99. The summed E-state index contributed by atoms with van der Waals surface area (Å²) in [6.45, 7) is 1.76. The van der Waals surface area contributed by atoms with E-state index in [2.05, 4.69) is 15.3 Å². The third-order valence-electron chi connectivity index (χ3n) is 4.65. The number of thioether (sulfide) groups is 1. The molecule has 2 aromatic carbocycles. The number of aryl methyl sites for hydroxylation is 1. The second kappa shape index (κ2) is 8.74. The lowest BCUT2D eigenvalue weighted by atomic mass is 10.2. The Balaban J connectivity index is 1.62. The maximum atomic E-state index is 13.4. The number of aromatic nitrogens is 3. The first-order valence-corrected chi connectivity index (χ1v) is 10.6. The lowest BCUT2D eigenvalue weighted by Gasteiger charge is -2.12. The van der Waals surface area contributed by atoms with Crippen LogP contribution in [0.2, 0.25) is 0 Å². The Morgan fingerprint density at radius 2 is 1.88 bits per heavy atom. The molecule has 2 N–H and O–H groups in total. The van der Waals surface area contributed by atoms with Crippen LogP contribution in [0.15, 0.2) is 64.5 Å². The lowest BCUT2D eigenvalue weighted by Crippen LogP contribution is -2.23. The Morgan fingerprint density at radius 1 is 1.15 bits per heavy atom. The quantitative estimate of drug-likeness (QED) is 0.244. The maximum absolute atomic E-state index is 13.4. The van der Waals surface area contributed by atoms with Gasteiger partial charge in [0.15, 0.2) is 5.16 Å². The van der Waals surface area contributed by atoms with Crippen molar-refractivity contribution in [2.75, 3.05) is 11.1 Å². The first-order chi connectivity index (χ1) is 15.6. The summed E-state index contributed by atoms with van der Waals surface area (Å²) in [5.41, 5.74) is 0.407. The Labute approximate surface area is 188 Å². The van der Waals surface area contributed by atoms with Gasteiger partial charge in [0.05, 0.1) is 22.5 Å². The standard InChI is InChI=1S/C22H16F4N4O2S/c1-12-9-17-19(27-12)20(32)30(16-7-5-14(23)6-8-16)21(29-17)33-11-18(31)28-15-4-2-3-13(10-15)22(24,25)26/h2-10,27H,11H2,1H3,(H,28,31). The number of fused-ring (bicyclic) bond motifs is 1. The van der Waals surface area contributed by atoms with Gasteiger partial charge in [-0.05, 0) is 55.5 Å².